The van der Waals surface area contributed by atoms with E-state index in [2.05, 4.69) is 20.8 Å². The molecule has 0 saturated heterocycles. The summed E-state index contributed by atoms with van der Waals surface area (Å²) in [6.45, 7) is 2.90. The van der Waals surface area contributed by atoms with Crippen molar-refractivity contribution in [3.63, 3.8) is 0 Å². The molecule has 7 heteroatoms. The molecular weight excluding hydrogens is 276 g/mol. The fourth-order valence-electron chi connectivity index (χ4n) is 1.61. The molecule has 0 spiro atoms. The summed E-state index contributed by atoms with van der Waals surface area (Å²) in [6.07, 6.45) is 0.637. The molecule has 0 radical (unpaired) electrons. The molecule has 6 nitrogen and oxygen atoms in total. The first-order chi connectivity index (χ1) is 9.52. The number of hydrogen-bond acceptors (Lipinski definition) is 5. The summed E-state index contributed by atoms with van der Waals surface area (Å²) < 4.78 is 0. The van der Waals surface area contributed by atoms with Crippen LogP contribution in [0.5, 0.6) is 0 Å². The minimum atomic E-state index is -0.160. The molecule has 1 aromatic carbocycles. The Bertz CT molecular complexity index is 622. The maximum atomic E-state index is 10.9. The number of amides is 2. The maximum Gasteiger partial charge on any atom is 0.223 e. The van der Waals surface area contributed by atoms with Crippen LogP contribution in [0.25, 0.3) is 0 Å². The number of nitrogens with zero attached hydrogens (tertiary/aromatic N) is 2. The molecule has 0 fully saturated rings. The normalized spacial score (nSPS) is 10.1. The average Bonchev–Trinajstić information content (AvgIpc) is 2.77. The number of nitrogens with one attached hydrogen (secondary N) is 2. The Kier molecular flexibility index (Phi) is 4.41. The topological polar surface area (TPSA) is 84.0 Å². The van der Waals surface area contributed by atoms with Crippen LogP contribution < -0.4 is 10.6 Å². The quantitative estimate of drug-likeness (QED) is 0.902. The zero-order valence-electron chi connectivity index (χ0n) is 11.1. The van der Waals surface area contributed by atoms with E-state index in [0.717, 1.165) is 16.3 Å². The minimum absolute atomic E-state index is 0.0955. The molecule has 2 amide bonds. The van der Waals surface area contributed by atoms with Crippen molar-refractivity contribution < 1.29 is 9.59 Å². The molecule has 2 rings (SSSR count). The Morgan fingerprint density at radius 3 is 2.30 bits per heavy atom. The van der Waals surface area contributed by atoms with Crippen LogP contribution in [0.3, 0.4) is 0 Å². The number of carbonyl (C=O) groups excluding carboxylic acids is 2. The van der Waals surface area contributed by atoms with Crippen LogP contribution in [0.15, 0.2) is 24.3 Å². The van der Waals surface area contributed by atoms with Gasteiger partial charge in [0.05, 0.1) is 0 Å². The second-order valence-corrected chi connectivity index (χ2v) is 5.30. The average molecular weight is 290 g/mol. The first kappa shape index (κ1) is 14.1. The predicted molar refractivity (Wildman–Crippen MR) is 77.8 cm³/mol. The molecule has 20 heavy (non-hydrogen) atoms. The van der Waals surface area contributed by atoms with Gasteiger partial charge in [0.2, 0.25) is 16.9 Å². The molecule has 104 valence electrons. The minimum Gasteiger partial charge on any atom is -0.326 e. The summed E-state index contributed by atoms with van der Waals surface area (Å²) in [4.78, 5) is 21.8. The van der Waals surface area contributed by atoms with Gasteiger partial charge in [-0.25, -0.2) is 0 Å². The molecule has 1 heterocycles. The van der Waals surface area contributed by atoms with Crippen molar-refractivity contribution in [2.75, 3.05) is 10.6 Å². The Morgan fingerprint density at radius 1 is 1.05 bits per heavy atom. The molecule has 0 aliphatic heterocycles. The summed E-state index contributed by atoms with van der Waals surface area (Å²) in [6, 6.07) is 7.52. The highest BCUT2D eigenvalue weighted by Crippen LogP contribution is 2.19. The molecule has 0 saturated carbocycles. The SMILES string of the molecule is CC(=O)Nc1ccc(Cc2nnc(NC(C)=O)s2)cc1. The van der Waals surface area contributed by atoms with E-state index in [4.69, 9.17) is 0 Å². The lowest BCUT2D eigenvalue weighted by Gasteiger charge is -2.03. The van der Waals surface area contributed by atoms with E-state index in [9.17, 15) is 9.59 Å². The third-order valence-electron chi connectivity index (χ3n) is 2.38. The van der Waals surface area contributed by atoms with E-state index in [-0.39, 0.29) is 11.8 Å². The van der Waals surface area contributed by atoms with Crippen LogP contribution in [0.2, 0.25) is 0 Å². The van der Waals surface area contributed by atoms with Crippen molar-refractivity contribution >= 4 is 34.0 Å². The third kappa shape index (κ3) is 4.13. The van der Waals surface area contributed by atoms with Gasteiger partial charge in [0.15, 0.2) is 0 Å². The van der Waals surface area contributed by atoms with Crippen molar-refractivity contribution in [1.82, 2.24) is 10.2 Å². The van der Waals surface area contributed by atoms with Crippen LogP contribution in [0.1, 0.15) is 24.4 Å². The second-order valence-electron chi connectivity index (χ2n) is 4.24. The standard InChI is InChI=1S/C13H14N4O2S/c1-8(18)14-11-5-3-10(4-6-11)7-12-16-17-13(20-12)15-9(2)19/h3-6H,7H2,1-2H3,(H,14,18)(H,15,17,19). The van der Waals surface area contributed by atoms with Gasteiger partial charge >= 0.3 is 0 Å². The molecule has 0 atom stereocenters. The number of rotatable bonds is 4. The van der Waals surface area contributed by atoms with E-state index < -0.39 is 0 Å². The highest BCUT2D eigenvalue weighted by molar-refractivity contribution is 7.15. The van der Waals surface area contributed by atoms with E-state index in [1.54, 1.807) is 0 Å². The summed E-state index contributed by atoms with van der Waals surface area (Å²) in [7, 11) is 0. The summed E-state index contributed by atoms with van der Waals surface area (Å²) in [5.41, 5.74) is 1.82. The molecule has 2 aromatic rings. The molecule has 1 aromatic heterocycles. The second kappa shape index (κ2) is 6.25. The van der Waals surface area contributed by atoms with Gasteiger partial charge in [0.25, 0.3) is 0 Å². The number of benzene rings is 1. The fraction of sp³-hybridized carbons (Fsp3) is 0.231. The van der Waals surface area contributed by atoms with Gasteiger partial charge in [0.1, 0.15) is 5.01 Å². The number of aromatic nitrogens is 2. The van der Waals surface area contributed by atoms with Crippen molar-refractivity contribution in [2.45, 2.75) is 20.3 Å². The van der Waals surface area contributed by atoms with Crippen LogP contribution in [0.4, 0.5) is 10.8 Å². The zero-order valence-corrected chi connectivity index (χ0v) is 12.0. The summed E-state index contributed by atoms with van der Waals surface area (Å²) in [5.74, 6) is -0.255. The van der Waals surface area contributed by atoms with Gasteiger partial charge in [0, 0.05) is 26.0 Å². The molecule has 0 aliphatic carbocycles. The van der Waals surface area contributed by atoms with Crippen molar-refractivity contribution in [3.05, 3.63) is 34.8 Å². The largest absolute Gasteiger partial charge is 0.326 e. The highest BCUT2D eigenvalue weighted by atomic mass is 32.1. The van der Waals surface area contributed by atoms with Gasteiger partial charge in [-0.1, -0.05) is 23.5 Å². The lowest BCUT2D eigenvalue weighted by Crippen LogP contribution is -2.05. The van der Waals surface area contributed by atoms with Gasteiger partial charge in [-0.3, -0.25) is 9.59 Å². The van der Waals surface area contributed by atoms with Crippen molar-refractivity contribution in [1.29, 1.82) is 0 Å². The zero-order chi connectivity index (χ0) is 14.5. The van der Waals surface area contributed by atoms with E-state index in [1.807, 2.05) is 24.3 Å². The highest BCUT2D eigenvalue weighted by Gasteiger charge is 2.06. The summed E-state index contributed by atoms with van der Waals surface area (Å²) >= 11 is 1.35. The lowest BCUT2D eigenvalue weighted by atomic mass is 10.1. The van der Waals surface area contributed by atoms with Crippen molar-refractivity contribution in [2.24, 2.45) is 0 Å². The first-order valence-electron chi connectivity index (χ1n) is 5.99. The smallest absolute Gasteiger partial charge is 0.223 e. The van der Waals surface area contributed by atoms with Crippen molar-refractivity contribution in [3.8, 4) is 0 Å². The maximum absolute atomic E-state index is 10.9. The lowest BCUT2D eigenvalue weighted by molar-refractivity contribution is -0.115. The van der Waals surface area contributed by atoms with Gasteiger partial charge < -0.3 is 10.6 Å². The Morgan fingerprint density at radius 2 is 1.70 bits per heavy atom. The van der Waals surface area contributed by atoms with E-state index >= 15 is 0 Å². The Balaban J connectivity index is 2.00. The molecule has 0 unspecified atom stereocenters. The third-order valence-corrected chi connectivity index (χ3v) is 3.22. The van der Waals surface area contributed by atoms with Gasteiger partial charge in [-0.05, 0) is 17.7 Å². The van der Waals surface area contributed by atoms with Gasteiger partial charge in [-0.15, -0.1) is 10.2 Å². The molecule has 0 aliphatic rings. The molecular formula is C13H14N4O2S. The number of hydrogen-bond donors (Lipinski definition) is 2. The number of anilines is 2. The Labute approximate surface area is 120 Å². The molecule has 0 bridgehead atoms. The van der Waals surface area contributed by atoms with Crippen LogP contribution in [0, 0.1) is 0 Å². The first-order valence-corrected chi connectivity index (χ1v) is 6.81. The molecule has 2 N–H and O–H groups in total. The van der Waals surface area contributed by atoms with Crippen LogP contribution >= 0.6 is 11.3 Å². The fourth-order valence-corrected chi connectivity index (χ4v) is 2.43. The number of carbonyl (C=O) groups is 2. The monoisotopic (exact) mass is 290 g/mol. The van der Waals surface area contributed by atoms with Crippen LogP contribution in [-0.4, -0.2) is 22.0 Å². The Hall–Kier alpha value is -2.28. The van der Waals surface area contributed by atoms with E-state index in [1.165, 1.54) is 25.2 Å². The predicted octanol–water partition coefficient (Wildman–Crippen LogP) is 2.05. The summed E-state index contributed by atoms with van der Waals surface area (Å²) in [5, 5.41) is 14.5. The van der Waals surface area contributed by atoms with E-state index in [0.29, 0.717) is 11.6 Å². The van der Waals surface area contributed by atoms with Crippen LogP contribution in [-0.2, 0) is 16.0 Å². The van der Waals surface area contributed by atoms with Gasteiger partial charge in [-0.2, -0.15) is 0 Å².